The van der Waals surface area contributed by atoms with Gasteiger partial charge in [0.05, 0.1) is 0 Å². The van der Waals surface area contributed by atoms with E-state index in [1.54, 1.807) is 19.0 Å². The second-order valence-electron chi connectivity index (χ2n) is 6.00. The first kappa shape index (κ1) is 16.0. The largest absolute Gasteiger partial charge is 0.349 e. The molecule has 0 aromatic carbocycles. The summed E-state index contributed by atoms with van der Waals surface area (Å²) in [4.78, 5) is 27.4. The van der Waals surface area contributed by atoms with Gasteiger partial charge in [-0.3, -0.25) is 9.59 Å². The van der Waals surface area contributed by atoms with Crippen molar-refractivity contribution in [3.05, 3.63) is 0 Å². The zero-order valence-electron chi connectivity index (χ0n) is 12.6. The van der Waals surface area contributed by atoms with Gasteiger partial charge >= 0.3 is 0 Å². The SMILES string of the molecule is CC(C)C(N)CC(=O)N1CCC(C(=O)N(C)C)CC1. The number of carbonyl (C=O) groups excluding carboxylic acids is 2. The number of nitrogens with zero attached hydrogens (tertiary/aromatic N) is 2. The Bertz CT molecular complexity index is 321. The fourth-order valence-electron chi connectivity index (χ4n) is 2.31. The molecule has 1 heterocycles. The molecule has 1 aliphatic rings. The number of carbonyl (C=O) groups is 2. The molecule has 1 rings (SSSR count). The molecule has 1 unspecified atom stereocenters. The van der Waals surface area contributed by atoms with Gasteiger partial charge in [0, 0.05) is 45.6 Å². The molecule has 0 radical (unpaired) electrons. The number of piperidine rings is 1. The molecule has 5 nitrogen and oxygen atoms in total. The molecule has 0 saturated carbocycles. The number of amides is 2. The minimum absolute atomic E-state index is 0.0674. The normalized spacial score (nSPS) is 18.5. The van der Waals surface area contributed by atoms with Crippen LogP contribution >= 0.6 is 0 Å². The van der Waals surface area contributed by atoms with Gasteiger partial charge in [-0.15, -0.1) is 0 Å². The van der Waals surface area contributed by atoms with E-state index in [0.717, 1.165) is 12.8 Å². The Labute approximate surface area is 116 Å². The van der Waals surface area contributed by atoms with Gasteiger partial charge in [0.1, 0.15) is 0 Å². The predicted molar refractivity (Wildman–Crippen MR) is 75.4 cm³/mol. The summed E-state index contributed by atoms with van der Waals surface area (Å²) in [6.45, 7) is 5.40. The molecule has 1 saturated heterocycles. The van der Waals surface area contributed by atoms with Crippen LogP contribution < -0.4 is 5.73 Å². The van der Waals surface area contributed by atoms with Gasteiger partial charge in [-0.25, -0.2) is 0 Å². The molecule has 0 bridgehead atoms. The number of nitrogens with two attached hydrogens (primary N) is 1. The molecule has 0 spiro atoms. The van der Waals surface area contributed by atoms with Crippen molar-refractivity contribution in [3.8, 4) is 0 Å². The Hall–Kier alpha value is -1.10. The molecule has 0 aromatic rings. The van der Waals surface area contributed by atoms with Crippen LogP contribution in [0.5, 0.6) is 0 Å². The number of rotatable bonds is 4. The van der Waals surface area contributed by atoms with Crippen LogP contribution in [-0.2, 0) is 9.59 Å². The lowest BCUT2D eigenvalue weighted by molar-refractivity contribution is -0.139. The summed E-state index contributed by atoms with van der Waals surface area (Å²) >= 11 is 0. The van der Waals surface area contributed by atoms with E-state index >= 15 is 0 Å². The summed E-state index contributed by atoms with van der Waals surface area (Å²) in [5, 5.41) is 0. The summed E-state index contributed by atoms with van der Waals surface area (Å²) in [5.41, 5.74) is 5.93. The van der Waals surface area contributed by atoms with Crippen LogP contribution in [0.25, 0.3) is 0 Å². The van der Waals surface area contributed by atoms with E-state index in [2.05, 4.69) is 0 Å². The highest BCUT2D eigenvalue weighted by Crippen LogP contribution is 2.20. The van der Waals surface area contributed by atoms with E-state index in [4.69, 9.17) is 5.73 Å². The standard InChI is InChI=1S/C14H27N3O2/c1-10(2)12(15)9-13(18)17-7-5-11(6-8-17)14(19)16(3)4/h10-12H,5-9,15H2,1-4H3. The van der Waals surface area contributed by atoms with Crippen LogP contribution in [0.4, 0.5) is 0 Å². The van der Waals surface area contributed by atoms with E-state index in [-0.39, 0.29) is 23.8 Å². The average molecular weight is 269 g/mol. The van der Waals surface area contributed by atoms with Crippen LogP contribution in [0.2, 0.25) is 0 Å². The van der Waals surface area contributed by atoms with E-state index in [1.165, 1.54) is 0 Å². The summed E-state index contributed by atoms with van der Waals surface area (Å²) in [7, 11) is 3.56. The number of hydrogen-bond acceptors (Lipinski definition) is 3. The molecule has 1 aliphatic heterocycles. The lowest BCUT2D eigenvalue weighted by Gasteiger charge is -2.33. The van der Waals surface area contributed by atoms with E-state index in [0.29, 0.717) is 25.4 Å². The molecule has 19 heavy (non-hydrogen) atoms. The first-order chi connectivity index (χ1) is 8.82. The Morgan fingerprint density at radius 1 is 1.26 bits per heavy atom. The Balaban J connectivity index is 2.41. The second-order valence-corrected chi connectivity index (χ2v) is 6.00. The van der Waals surface area contributed by atoms with Crippen molar-refractivity contribution in [1.29, 1.82) is 0 Å². The lowest BCUT2D eigenvalue weighted by Crippen LogP contribution is -2.44. The van der Waals surface area contributed by atoms with Crippen molar-refractivity contribution >= 4 is 11.8 Å². The third-order valence-corrected chi connectivity index (χ3v) is 3.90. The van der Waals surface area contributed by atoms with Gasteiger partial charge in [-0.1, -0.05) is 13.8 Å². The van der Waals surface area contributed by atoms with Gasteiger partial charge in [-0.2, -0.15) is 0 Å². The van der Waals surface area contributed by atoms with Crippen LogP contribution in [0, 0.1) is 11.8 Å². The molecular weight excluding hydrogens is 242 g/mol. The zero-order chi connectivity index (χ0) is 14.6. The summed E-state index contributed by atoms with van der Waals surface area (Å²) in [5.74, 6) is 0.678. The van der Waals surface area contributed by atoms with Gasteiger partial charge in [-0.05, 0) is 18.8 Å². The highest BCUT2D eigenvalue weighted by atomic mass is 16.2. The zero-order valence-corrected chi connectivity index (χ0v) is 12.6. The van der Waals surface area contributed by atoms with Gasteiger partial charge < -0.3 is 15.5 Å². The Morgan fingerprint density at radius 2 is 1.79 bits per heavy atom. The molecule has 5 heteroatoms. The molecule has 2 amide bonds. The van der Waals surface area contributed by atoms with Crippen molar-refractivity contribution < 1.29 is 9.59 Å². The third-order valence-electron chi connectivity index (χ3n) is 3.90. The highest BCUT2D eigenvalue weighted by molar-refractivity contribution is 5.80. The Morgan fingerprint density at radius 3 is 2.21 bits per heavy atom. The maximum atomic E-state index is 12.1. The van der Waals surface area contributed by atoms with Crippen LogP contribution in [0.3, 0.4) is 0 Å². The van der Waals surface area contributed by atoms with Crippen molar-refractivity contribution in [2.24, 2.45) is 17.6 Å². The van der Waals surface area contributed by atoms with Crippen LogP contribution in [-0.4, -0.2) is 54.8 Å². The number of likely N-dealkylation sites (tertiary alicyclic amines) is 1. The van der Waals surface area contributed by atoms with Gasteiger partial charge in [0.15, 0.2) is 0 Å². The molecule has 1 atom stereocenters. The summed E-state index contributed by atoms with van der Waals surface area (Å²) in [6.07, 6.45) is 1.93. The lowest BCUT2D eigenvalue weighted by atomic mass is 9.94. The quantitative estimate of drug-likeness (QED) is 0.816. The fraction of sp³-hybridized carbons (Fsp3) is 0.857. The van der Waals surface area contributed by atoms with Crippen molar-refractivity contribution in [3.63, 3.8) is 0 Å². The maximum absolute atomic E-state index is 12.1. The van der Waals surface area contributed by atoms with Crippen molar-refractivity contribution in [2.75, 3.05) is 27.2 Å². The van der Waals surface area contributed by atoms with E-state index < -0.39 is 0 Å². The predicted octanol–water partition coefficient (Wildman–Crippen LogP) is 0.687. The topological polar surface area (TPSA) is 66.6 Å². The number of hydrogen-bond donors (Lipinski definition) is 1. The van der Waals surface area contributed by atoms with E-state index in [1.807, 2.05) is 18.7 Å². The first-order valence-electron chi connectivity index (χ1n) is 7.07. The van der Waals surface area contributed by atoms with Crippen LogP contribution in [0.1, 0.15) is 33.1 Å². The monoisotopic (exact) mass is 269 g/mol. The molecule has 110 valence electrons. The Kier molecular flexibility index (Phi) is 5.79. The van der Waals surface area contributed by atoms with Gasteiger partial charge in [0.25, 0.3) is 0 Å². The highest BCUT2D eigenvalue weighted by Gasteiger charge is 2.28. The average Bonchev–Trinajstić information content (AvgIpc) is 2.37. The third kappa shape index (κ3) is 4.49. The van der Waals surface area contributed by atoms with Crippen molar-refractivity contribution in [2.45, 2.75) is 39.2 Å². The van der Waals surface area contributed by atoms with Gasteiger partial charge in [0.2, 0.25) is 11.8 Å². The van der Waals surface area contributed by atoms with Crippen LogP contribution in [0.15, 0.2) is 0 Å². The second kappa shape index (κ2) is 6.89. The summed E-state index contributed by atoms with van der Waals surface area (Å²) < 4.78 is 0. The first-order valence-corrected chi connectivity index (χ1v) is 7.07. The minimum Gasteiger partial charge on any atom is -0.349 e. The molecule has 0 aromatic heterocycles. The van der Waals surface area contributed by atoms with E-state index in [9.17, 15) is 9.59 Å². The fourth-order valence-corrected chi connectivity index (χ4v) is 2.31. The maximum Gasteiger partial charge on any atom is 0.225 e. The molecule has 1 fully saturated rings. The molecule has 0 aliphatic carbocycles. The van der Waals surface area contributed by atoms with Crippen molar-refractivity contribution in [1.82, 2.24) is 9.80 Å². The summed E-state index contributed by atoms with van der Waals surface area (Å²) in [6, 6.07) is -0.0753. The molecular formula is C14H27N3O2. The molecule has 2 N–H and O–H groups in total. The minimum atomic E-state index is -0.0753. The smallest absolute Gasteiger partial charge is 0.225 e.